The molecule has 0 aliphatic carbocycles. The van der Waals surface area contributed by atoms with Crippen molar-refractivity contribution in [2.24, 2.45) is 10.7 Å². The molecule has 2 rings (SSSR count). The summed E-state index contributed by atoms with van der Waals surface area (Å²) < 4.78 is 0. The highest BCUT2D eigenvalue weighted by atomic mass is 35.5. The van der Waals surface area contributed by atoms with Crippen LogP contribution in [-0.4, -0.2) is 16.7 Å². The molecule has 24 heavy (non-hydrogen) atoms. The molecule has 1 amide bonds. The van der Waals surface area contributed by atoms with E-state index >= 15 is 0 Å². The van der Waals surface area contributed by atoms with Crippen molar-refractivity contribution < 1.29 is 9.90 Å². The van der Waals surface area contributed by atoms with Crippen LogP contribution in [0.1, 0.15) is 23.1 Å². The number of nitrogens with zero attached hydrogens (tertiary/aromatic N) is 1. The molecule has 0 bridgehead atoms. The van der Waals surface area contributed by atoms with Crippen molar-refractivity contribution in [3.63, 3.8) is 0 Å². The fourth-order valence-electron chi connectivity index (χ4n) is 2.12. The Bertz CT molecular complexity index is 813. The van der Waals surface area contributed by atoms with Crippen molar-refractivity contribution in [2.75, 3.05) is 0 Å². The summed E-state index contributed by atoms with van der Waals surface area (Å²) in [5, 5.41) is 11.5. The van der Waals surface area contributed by atoms with Crippen LogP contribution >= 0.6 is 23.2 Å². The van der Waals surface area contributed by atoms with E-state index < -0.39 is 5.91 Å². The number of hydrogen-bond acceptors (Lipinski definition) is 3. The van der Waals surface area contributed by atoms with E-state index in [9.17, 15) is 9.90 Å². The maximum Gasteiger partial charge on any atom is 0.221 e. The number of benzene rings is 2. The first-order valence-electron chi connectivity index (χ1n) is 7.15. The smallest absolute Gasteiger partial charge is 0.221 e. The van der Waals surface area contributed by atoms with Gasteiger partial charge in [-0.25, -0.2) is 0 Å². The lowest BCUT2D eigenvalue weighted by atomic mass is 9.99. The van der Waals surface area contributed by atoms with E-state index in [4.69, 9.17) is 28.9 Å². The number of aliphatic imine (C=N–C) groups is 1. The number of amides is 1. The molecule has 0 aromatic heterocycles. The van der Waals surface area contributed by atoms with Gasteiger partial charge in [0.2, 0.25) is 5.91 Å². The summed E-state index contributed by atoms with van der Waals surface area (Å²) >= 11 is 12.0. The topological polar surface area (TPSA) is 75.7 Å². The Morgan fingerprint density at radius 1 is 1.21 bits per heavy atom. The summed E-state index contributed by atoms with van der Waals surface area (Å²) in [6.07, 6.45) is 3.11. The van der Waals surface area contributed by atoms with Crippen molar-refractivity contribution in [3.8, 4) is 5.75 Å². The fourth-order valence-corrected chi connectivity index (χ4v) is 2.52. The summed E-state index contributed by atoms with van der Waals surface area (Å²) in [7, 11) is 0. The number of halogens is 2. The highest BCUT2D eigenvalue weighted by molar-refractivity contribution is 6.32. The molecule has 0 heterocycles. The van der Waals surface area contributed by atoms with Gasteiger partial charge < -0.3 is 10.8 Å². The van der Waals surface area contributed by atoms with E-state index in [0.717, 1.165) is 5.56 Å². The van der Waals surface area contributed by atoms with Gasteiger partial charge in [0.05, 0.1) is 5.71 Å². The van der Waals surface area contributed by atoms with Gasteiger partial charge in [-0.3, -0.25) is 9.79 Å². The Balaban J connectivity index is 2.55. The molecule has 0 spiro atoms. The Labute approximate surface area is 150 Å². The average Bonchev–Trinajstić information content (AvgIpc) is 2.52. The molecule has 0 atom stereocenters. The SMILES string of the molecule is Cc1cc(Cl)cc(/C(=N/C=C/CC(N)=O)c2ccc(Cl)cc2)c1O. The van der Waals surface area contributed by atoms with Crippen LogP contribution in [0.25, 0.3) is 0 Å². The molecule has 0 saturated carbocycles. The van der Waals surface area contributed by atoms with E-state index in [-0.39, 0.29) is 12.2 Å². The van der Waals surface area contributed by atoms with E-state index in [1.807, 2.05) is 0 Å². The minimum Gasteiger partial charge on any atom is -0.507 e. The normalized spacial score (nSPS) is 11.9. The minimum absolute atomic E-state index is 0.0813. The molecule has 0 unspecified atom stereocenters. The first kappa shape index (κ1) is 18.0. The molecule has 0 radical (unpaired) electrons. The number of phenolic OH excluding ortho intramolecular Hbond substituents is 1. The van der Waals surface area contributed by atoms with Crippen molar-refractivity contribution >= 4 is 34.8 Å². The van der Waals surface area contributed by atoms with Gasteiger partial charge in [0.1, 0.15) is 5.75 Å². The van der Waals surface area contributed by atoms with Crippen molar-refractivity contribution in [1.29, 1.82) is 0 Å². The third-order valence-electron chi connectivity index (χ3n) is 3.27. The summed E-state index contributed by atoms with van der Waals surface area (Å²) in [5.41, 5.74) is 7.49. The molecule has 2 aromatic rings. The van der Waals surface area contributed by atoms with Gasteiger partial charge in [-0.2, -0.15) is 0 Å². The van der Waals surface area contributed by atoms with Gasteiger partial charge in [-0.05, 0) is 36.8 Å². The van der Waals surface area contributed by atoms with E-state index in [2.05, 4.69) is 4.99 Å². The summed E-state index contributed by atoms with van der Waals surface area (Å²) in [6, 6.07) is 10.3. The van der Waals surface area contributed by atoms with Gasteiger partial charge in [0, 0.05) is 33.8 Å². The zero-order valence-corrected chi connectivity index (χ0v) is 14.5. The molecular weight excluding hydrogens is 347 g/mol. The molecule has 124 valence electrons. The van der Waals surface area contributed by atoms with Crippen LogP contribution in [-0.2, 0) is 4.79 Å². The summed E-state index contributed by atoms with van der Waals surface area (Å²) in [4.78, 5) is 15.2. The monoisotopic (exact) mass is 362 g/mol. The molecule has 4 nitrogen and oxygen atoms in total. The van der Waals surface area contributed by atoms with Crippen LogP contribution in [0.2, 0.25) is 10.0 Å². The maximum absolute atomic E-state index is 10.8. The molecular formula is C18H16Cl2N2O2. The Morgan fingerprint density at radius 2 is 1.88 bits per heavy atom. The number of nitrogens with two attached hydrogens (primary N) is 1. The van der Waals surface area contributed by atoms with Crippen LogP contribution < -0.4 is 5.73 Å². The van der Waals surface area contributed by atoms with Crippen LogP contribution in [0.4, 0.5) is 0 Å². The number of hydrogen-bond donors (Lipinski definition) is 2. The van der Waals surface area contributed by atoms with Crippen LogP contribution in [0, 0.1) is 6.92 Å². The van der Waals surface area contributed by atoms with E-state index in [1.54, 1.807) is 49.4 Å². The predicted molar refractivity (Wildman–Crippen MR) is 97.9 cm³/mol. The molecule has 2 aromatic carbocycles. The molecule has 0 aliphatic heterocycles. The lowest BCUT2D eigenvalue weighted by Gasteiger charge is -2.11. The van der Waals surface area contributed by atoms with Crippen LogP contribution in [0.5, 0.6) is 5.75 Å². The van der Waals surface area contributed by atoms with Gasteiger partial charge in [0.15, 0.2) is 0 Å². The third-order valence-corrected chi connectivity index (χ3v) is 3.74. The lowest BCUT2D eigenvalue weighted by Crippen LogP contribution is -2.08. The first-order valence-corrected chi connectivity index (χ1v) is 7.90. The van der Waals surface area contributed by atoms with E-state index in [0.29, 0.717) is 26.9 Å². The first-order chi connectivity index (χ1) is 11.4. The second kappa shape index (κ2) is 7.99. The second-order valence-corrected chi connectivity index (χ2v) is 6.03. The number of aromatic hydroxyl groups is 1. The maximum atomic E-state index is 10.8. The number of carbonyl (C=O) groups is 1. The molecule has 0 saturated heterocycles. The van der Waals surface area contributed by atoms with Gasteiger partial charge in [-0.1, -0.05) is 41.4 Å². The Morgan fingerprint density at radius 3 is 2.50 bits per heavy atom. The standard InChI is InChI=1S/C18H16Cl2N2O2/c1-11-9-14(20)10-15(18(11)24)17(22-8-2-3-16(21)23)12-4-6-13(19)7-5-12/h2,4-10,24H,3H2,1H3,(H2,21,23)/b8-2+,22-17+. The van der Waals surface area contributed by atoms with Gasteiger partial charge in [0.25, 0.3) is 0 Å². The number of phenols is 1. The molecule has 6 heteroatoms. The average molecular weight is 363 g/mol. The zero-order chi connectivity index (χ0) is 17.7. The fraction of sp³-hybridized carbons (Fsp3) is 0.111. The number of primary amides is 1. The van der Waals surface area contributed by atoms with Crippen molar-refractivity contribution in [1.82, 2.24) is 0 Å². The lowest BCUT2D eigenvalue weighted by molar-refractivity contribution is -0.117. The Kier molecular flexibility index (Phi) is 6.01. The highest BCUT2D eigenvalue weighted by Crippen LogP contribution is 2.29. The summed E-state index contributed by atoms with van der Waals surface area (Å²) in [6.45, 7) is 1.76. The van der Waals surface area contributed by atoms with E-state index in [1.165, 1.54) is 6.20 Å². The number of aryl methyl sites for hydroxylation is 1. The summed E-state index contributed by atoms with van der Waals surface area (Å²) in [5.74, 6) is -0.354. The minimum atomic E-state index is -0.448. The molecule has 3 N–H and O–H groups in total. The highest BCUT2D eigenvalue weighted by Gasteiger charge is 2.14. The number of carbonyl (C=O) groups excluding carboxylic acids is 1. The largest absolute Gasteiger partial charge is 0.507 e. The van der Waals surface area contributed by atoms with Crippen molar-refractivity contribution in [2.45, 2.75) is 13.3 Å². The van der Waals surface area contributed by atoms with Gasteiger partial charge in [-0.15, -0.1) is 0 Å². The second-order valence-electron chi connectivity index (χ2n) is 5.16. The number of rotatable bonds is 5. The van der Waals surface area contributed by atoms with Gasteiger partial charge >= 0.3 is 0 Å². The van der Waals surface area contributed by atoms with Crippen molar-refractivity contribution in [3.05, 3.63) is 75.4 Å². The van der Waals surface area contributed by atoms with Crippen LogP contribution in [0.15, 0.2) is 53.7 Å². The predicted octanol–water partition coefficient (Wildman–Crippen LogP) is 4.23. The van der Waals surface area contributed by atoms with Crippen LogP contribution in [0.3, 0.4) is 0 Å². The quantitative estimate of drug-likeness (QED) is 0.780. The molecule has 0 aliphatic rings. The zero-order valence-electron chi connectivity index (χ0n) is 13.0. The Hall–Kier alpha value is -2.30. The third kappa shape index (κ3) is 4.60. The molecule has 0 fully saturated rings.